The lowest BCUT2D eigenvalue weighted by molar-refractivity contribution is 0.394. The minimum absolute atomic E-state index is 0.0181. The summed E-state index contributed by atoms with van der Waals surface area (Å²) in [4.78, 5) is 6.36. The van der Waals surface area contributed by atoms with Crippen LogP contribution in [0, 0.1) is 0 Å². The molecule has 0 aliphatic carbocycles. The van der Waals surface area contributed by atoms with Gasteiger partial charge >= 0.3 is 10.3 Å². The van der Waals surface area contributed by atoms with Crippen LogP contribution >= 0.6 is 11.6 Å². The molecule has 28 heavy (non-hydrogen) atoms. The molecule has 4 rings (SSSR count). The molecule has 9 heteroatoms. The highest BCUT2D eigenvalue weighted by Crippen LogP contribution is 2.47. The number of anilines is 1. The van der Waals surface area contributed by atoms with Crippen LogP contribution in [0.5, 0.6) is 5.75 Å². The number of rotatable bonds is 5. The van der Waals surface area contributed by atoms with Gasteiger partial charge < -0.3 is 14.4 Å². The zero-order chi connectivity index (χ0) is 19.9. The average Bonchev–Trinajstić information content (AvgIpc) is 3.29. The first-order valence-electron chi connectivity index (χ1n) is 9.25. The van der Waals surface area contributed by atoms with Crippen LogP contribution in [0.4, 0.5) is 5.69 Å². The van der Waals surface area contributed by atoms with Crippen molar-refractivity contribution in [3.63, 3.8) is 0 Å². The molecule has 1 aromatic carbocycles. The SMILES string of the molecule is CNC1c2ccc(Cl)cc2N(C)C1c1cncc(OS(=O)(=O)N2CCCC2)c1. The normalized spacial score (nSPS) is 22.5. The van der Waals surface area contributed by atoms with Crippen molar-refractivity contribution < 1.29 is 12.6 Å². The summed E-state index contributed by atoms with van der Waals surface area (Å²) in [6.45, 7) is 0.997. The van der Waals surface area contributed by atoms with Gasteiger partial charge in [0.05, 0.1) is 18.3 Å². The number of hydrogen-bond donors (Lipinski definition) is 1. The van der Waals surface area contributed by atoms with Gasteiger partial charge in [0.1, 0.15) is 0 Å². The summed E-state index contributed by atoms with van der Waals surface area (Å²) in [6, 6.07) is 7.53. The van der Waals surface area contributed by atoms with E-state index in [1.54, 1.807) is 12.3 Å². The Morgan fingerprint density at radius 1 is 1.21 bits per heavy atom. The van der Waals surface area contributed by atoms with Gasteiger partial charge in [-0.3, -0.25) is 4.98 Å². The van der Waals surface area contributed by atoms with Gasteiger partial charge in [-0.1, -0.05) is 17.7 Å². The van der Waals surface area contributed by atoms with Gasteiger partial charge in [-0.25, -0.2) is 0 Å². The maximum atomic E-state index is 12.5. The van der Waals surface area contributed by atoms with Gasteiger partial charge in [0.25, 0.3) is 0 Å². The molecule has 2 aromatic rings. The number of benzene rings is 1. The van der Waals surface area contributed by atoms with Crippen LogP contribution in [0.15, 0.2) is 36.7 Å². The molecule has 0 spiro atoms. The Hall–Kier alpha value is -1.87. The lowest BCUT2D eigenvalue weighted by atomic mass is 9.98. The maximum absolute atomic E-state index is 12.5. The van der Waals surface area contributed by atoms with Crippen molar-refractivity contribution >= 4 is 27.6 Å². The summed E-state index contributed by atoms with van der Waals surface area (Å²) in [5.74, 6) is 0.224. The summed E-state index contributed by atoms with van der Waals surface area (Å²) in [5, 5.41) is 4.03. The largest absolute Gasteiger partial charge is 0.385 e. The molecule has 0 saturated carbocycles. The van der Waals surface area contributed by atoms with E-state index in [1.807, 2.05) is 32.3 Å². The number of fused-ring (bicyclic) bond motifs is 1. The van der Waals surface area contributed by atoms with Crippen LogP contribution in [-0.4, -0.2) is 44.9 Å². The Bertz CT molecular complexity index is 979. The highest BCUT2D eigenvalue weighted by molar-refractivity contribution is 7.84. The molecule has 0 bridgehead atoms. The minimum atomic E-state index is -3.80. The zero-order valence-electron chi connectivity index (χ0n) is 15.8. The molecule has 7 nitrogen and oxygen atoms in total. The van der Waals surface area contributed by atoms with E-state index in [0.29, 0.717) is 18.1 Å². The van der Waals surface area contributed by atoms with Crippen molar-refractivity contribution in [3.05, 3.63) is 52.8 Å². The number of halogens is 1. The van der Waals surface area contributed by atoms with Crippen LogP contribution < -0.4 is 14.4 Å². The van der Waals surface area contributed by atoms with Crippen LogP contribution in [-0.2, 0) is 10.3 Å². The second-order valence-corrected chi connectivity index (χ2v) is 9.10. The fourth-order valence-corrected chi connectivity index (χ4v) is 5.40. The van der Waals surface area contributed by atoms with E-state index in [1.165, 1.54) is 10.5 Å². The van der Waals surface area contributed by atoms with Gasteiger partial charge in [-0.15, -0.1) is 0 Å². The highest BCUT2D eigenvalue weighted by Gasteiger charge is 2.37. The first kappa shape index (κ1) is 19.4. The quantitative estimate of drug-likeness (QED) is 0.798. The lowest BCUT2D eigenvalue weighted by Gasteiger charge is -2.27. The topological polar surface area (TPSA) is 74.8 Å². The number of likely N-dealkylation sites (N-methyl/N-ethyl adjacent to an activating group) is 2. The minimum Gasteiger partial charge on any atom is -0.369 e. The molecule has 2 unspecified atom stereocenters. The molecule has 2 aliphatic heterocycles. The molecule has 3 heterocycles. The fraction of sp³-hybridized carbons (Fsp3) is 0.421. The van der Waals surface area contributed by atoms with Crippen molar-refractivity contribution in [2.45, 2.75) is 24.9 Å². The summed E-state index contributed by atoms with van der Waals surface area (Å²) in [7, 11) is 0.0968. The van der Waals surface area contributed by atoms with Crippen LogP contribution in [0.25, 0.3) is 0 Å². The molecular weight excluding hydrogens is 400 g/mol. The zero-order valence-corrected chi connectivity index (χ0v) is 17.4. The van der Waals surface area contributed by atoms with Gasteiger partial charge in [-0.2, -0.15) is 12.7 Å². The molecular formula is C19H23ClN4O3S. The van der Waals surface area contributed by atoms with Gasteiger partial charge in [0, 0.05) is 37.0 Å². The molecule has 1 fully saturated rings. The second-order valence-electron chi connectivity index (χ2n) is 7.13. The number of nitrogens with one attached hydrogen (secondary N) is 1. The first-order valence-corrected chi connectivity index (χ1v) is 11.0. The molecule has 0 radical (unpaired) electrons. The number of aromatic nitrogens is 1. The Balaban J connectivity index is 1.64. The molecule has 1 aromatic heterocycles. The molecule has 1 saturated heterocycles. The lowest BCUT2D eigenvalue weighted by Crippen LogP contribution is -2.32. The van der Waals surface area contributed by atoms with E-state index in [4.69, 9.17) is 15.8 Å². The maximum Gasteiger partial charge on any atom is 0.385 e. The predicted octanol–water partition coefficient (Wildman–Crippen LogP) is 2.91. The number of pyridine rings is 1. The van der Waals surface area contributed by atoms with Crippen molar-refractivity contribution in [2.24, 2.45) is 0 Å². The summed E-state index contributed by atoms with van der Waals surface area (Å²) in [6.07, 6.45) is 4.90. The van der Waals surface area contributed by atoms with Gasteiger partial charge in [-0.05, 0) is 49.2 Å². The monoisotopic (exact) mass is 422 g/mol. The fourth-order valence-electron chi connectivity index (χ4n) is 4.09. The standard InChI is InChI=1S/C19H23ClN4O3S/c1-21-18-16-6-5-14(20)10-17(16)23(2)19(18)13-9-15(12-22-11-13)27-28(25,26)24-7-3-4-8-24/h5-6,9-12,18-19,21H,3-4,7-8H2,1-2H3. The van der Waals surface area contributed by atoms with E-state index >= 15 is 0 Å². The van der Waals surface area contributed by atoms with Gasteiger partial charge in [0.2, 0.25) is 0 Å². The van der Waals surface area contributed by atoms with Crippen molar-refractivity contribution in [1.29, 1.82) is 0 Å². The Morgan fingerprint density at radius 3 is 2.68 bits per heavy atom. The van der Waals surface area contributed by atoms with E-state index in [-0.39, 0.29) is 17.8 Å². The molecule has 1 N–H and O–H groups in total. The Kier molecular flexibility index (Phi) is 5.22. The molecule has 0 amide bonds. The highest BCUT2D eigenvalue weighted by atomic mass is 35.5. The van der Waals surface area contributed by atoms with E-state index in [9.17, 15) is 8.42 Å². The predicted molar refractivity (Wildman–Crippen MR) is 109 cm³/mol. The molecule has 150 valence electrons. The molecule has 2 atom stereocenters. The van der Waals surface area contributed by atoms with Gasteiger partial charge in [0.15, 0.2) is 5.75 Å². The third-order valence-corrected chi connectivity index (χ3v) is 7.05. The van der Waals surface area contributed by atoms with Crippen molar-refractivity contribution in [2.75, 3.05) is 32.1 Å². The van der Waals surface area contributed by atoms with E-state index in [0.717, 1.165) is 29.7 Å². The van der Waals surface area contributed by atoms with Crippen molar-refractivity contribution in [1.82, 2.24) is 14.6 Å². The Morgan fingerprint density at radius 2 is 1.96 bits per heavy atom. The van der Waals surface area contributed by atoms with Crippen LogP contribution in [0.2, 0.25) is 5.02 Å². The molecule has 2 aliphatic rings. The summed E-state index contributed by atoms with van der Waals surface area (Å²) < 4.78 is 31.7. The Labute approximate surface area is 170 Å². The smallest absolute Gasteiger partial charge is 0.369 e. The van der Waals surface area contributed by atoms with Crippen LogP contribution in [0.3, 0.4) is 0 Å². The average molecular weight is 423 g/mol. The van der Waals surface area contributed by atoms with E-state index < -0.39 is 10.3 Å². The van der Waals surface area contributed by atoms with Crippen molar-refractivity contribution in [3.8, 4) is 5.75 Å². The third-order valence-electron chi connectivity index (χ3n) is 5.41. The summed E-state index contributed by atoms with van der Waals surface area (Å²) >= 11 is 6.18. The third kappa shape index (κ3) is 3.45. The summed E-state index contributed by atoms with van der Waals surface area (Å²) in [5.41, 5.74) is 3.03. The number of nitrogens with zero attached hydrogens (tertiary/aromatic N) is 3. The van der Waals surface area contributed by atoms with Crippen LogP contribution in [0.1, 0.15) is 36.1 Å². The van der Waals surface area contributed by atoms with E-state index in [2.05, 4.69) is 15.2 Å². The second kappa shape index (κ2) is 7.51. The first-order chi connectivity index (χ1) is 13.4. The number of hydrogen-bond acceptors (Lipinski definition) is 6.